The molecule has 2 amide bonds. The Balaban J connectivity index is 1.87. The van der Waals surface area contributed by atoms with Gasteiger partial charge in [0.05, 0.1) is 0 Å². The van der Waals surface area contributed by atoms with Crippen LogP contribution >= 0.6 is 11.6 Å². The van der Waals surface area contributed by atoms with Gasteiger partial charge in [0.1, 0.15) is 5.75 Å². The topological polar surface area (TPSA) is 75.7 Å². The molecule has 0 unspecified atom stereocenters. The van der Waals surface area contributed by atoms with E-state index >= 15 is 0 Å². The zero-order valence-electron chi connectivity index (χ0n) is 14.3. The molecule has 2 rings (SSSR count). The van der Waals surface area contributed by atoms with Crippen LogP contribution in [-0.2, 0) is 9.59 Å². The standard InChI is InChI=1S/C18H23ClN2O4/c1-13(22)25-16-5-2-4-14(12-16)18(24)21-10-7-15(8-11-21)20-17(23)6-3-9-19/h2,4-5,12,15H,3,6-11H2,1H3,(H,20,23). The Morgan fingerprint density at radius 1 is 1.28 bits per heavy atom. The van der Waals surface area contributed by atoms with Gasteiger partial charge < -0.3 is 15.0 Å². The lowest BCUT2D eigenvalue weighted by atomic mass is 10.0. The van der Waals surface area contributed by atoms with Gasteiger partial charge in [-0.1, -0.05) is 6.07 Å². The first-order chi connectivity index (χ1) is 12.0. The van der Waals surface area contributed by atoms with E-state index in [0.717, 1.165) is 12.8 Å². The van der Waals surface area contributed by atoms with Crippen molar-refractivity contribution in [2.45, 2.75) is 38.6 Å². The highest BCUT2D eigenvalue weighted by molar-refractivity contribution is 6.17. The number of hydrogen-bond donors (Lipinski definition) is 1. The van der Waals surface area contributed by atoms with Gasteiger partial charge in [-0.2, -0.15) is 0 Å². The Bertz CT molecular complexity index is 627. The van der Waals surface area contributed by atoms with E-state index in [4.69, 9.17) is 16.3 Å². The molecule has 1 saturated heterocycles. The fraction of sp³-hybridized carbons (Fsp3) is 0.500. The zero-order valence-corrected chi connectivity index (χ0v) is 15.1. The highest BCUT2D eigenvalue weighted by Crippen LogP contribution is 2.18. The highest BCUT2D eigenvalue weighted by Gasteiger charge is 2.24. The first kappa shape index (κ1) is 19.2. The van der Waals surface area contributed by atoms with Gasteiger partial charge in [0.15, 0.2) is 0 Å². The van der Waals surface area contributed by atoms with Crippen LogP contribution in [0.25, 0.3) is 0 Å². The Morgan fingerprint density at radius 2 is 2.00 bits per heavy atom. The van der Waals surface area contributed by atoms with Crippen molar-refractivity contribution in [3.8, 4) is 5.75 Å². The third-order valence-corrected chi connectivity index (χ3v) is 4.29. The van der Waals surface area contributed by atoms with E-state index in [1.54, 1.807) is 29.2 Å². The van der Waals surface area contributed by atoms with E-state index in [0.29, 0.717) is 43.1 Å². The van der Waals surface area contributed by atoms with Crippen molar-refractivity contribution in [1.82, 2.24) is 10.2 Å². The first-order valence-corrected chi connectivity index (χ1v) is 8.96. The minimum Gasteiger partial charge on any atom is -0.427 e. The Kier molecular flexibility index (Phi) is 7.25. The van der Waals surface area contributed by atoms with Crippen molar-refractivity contribution in [2.24, 2.45) is 0 Å². The minimum absolute atomic E-state index is 0.0134. The number of nitrogens with one attached hydrogen (secondary N) is 1. The zero-order chi connectivity index (χ0) is 18.2. The number of likely N-dealkylation sites (tertiary alicyclic amines) is 1. The third-order valence-electron chi connectivity index (χ3n) is 4.03. The van der Waals surface area contributed by atoms with Crippen molar-refractivity contribution in [1.29, 1.82) is 0 Å². The maximum Gasteiger partial charge on any atom is 0.308 e. The molecule has 1 aliphatic heterocycles. The number of piperidine rings is 1. The molecule has 25 heavy (non-hydrogen) atoms. The van der Waals surface area contributed by atoms with Crippen LogP contribution in [0.15, 0.2) is 24.3 Å². The van der Waals surface area contributed by atoms with Gasteiger partial charge in [-0.05, 0) is 37.5 Å². The second-order valence-electron chi connectivity index (χ2n) is 6.05. The highest BCUT2D eigenvalue weighted by atomic mass is 35.5. The number of nitrogens with zero attached hydrogens (tertiary/aromatic N) is 1. The number of ether oxygens (including phenoxy) is 1. The summed E-state index contributed by atoms with van der Waals surface area (Å²) in [7, 11) is 0. The summed E-state index contributed by atoms with van der Waals surface area (Å²) in [6.45, 7) is 2.48. The maximum absolute atomic E-state index is 12.6. The predicted octanol–water partition coefficient (Wildman–Crippen LogP) is 2.35. The molecule has 0 bridgehead atoms. The van der Waals surface area contributed by atoms with Gasteiger partial charge in [-0.25, -0.2) is 0 Å². The minimum atomic E-state index is -0.421. The van der Waals surface area contributed by atoms with Crippen LogP contribution < -0.4 is 10.1 Å². The molecule has 1 fully saturated rings. The quantitative estimate of drug-likeness (QED) is 0.476. The van der Waals surface area contributed by atoms with Crippen molar-refractivity contribution >= 4 is 29.4 Å². The van der Waals surface area contributed by atoms with E-state index < -0.39 is 5.97 Å². The molecule has 1 aromatic rings. The van der Waals surface area contributed by atoms with E-state index in [2.05, 4.69) is 5.32 Å². The molecule has 0 aliphatic carbocycles. The molecule has 0 atom stereocenters. The van der Waals surface area contributed by atoms with Crippen molar-refractivity contribution in [2.75, 3.05) is 19.0 Å². The van der Waals surface area contributed by atoms with Gasteiger partial charge in [0.2, 0.25) is 5.91 Å². The molecule has 0 spiro atoms. The average Bonchev–Trinajstić information content (AvgIpc) is 2.59. The normalized spacial score (nSPS) is 14.9. The fourth-order valence-electron chi connectivity index (χ4n) is 2.80. The number of halogens is 1. The lowest BCUT2D eigenvalue weighted by molar-refractivity contribution is -0.131. The SMILES string of the molecule is CC(=O)Oc1cccc(C(=O)N2CCC(NC(=O)CCCCl)CC2)c1. The number of carbonyl (C=O) groups excluding carboxylic acids is 3. The van der Waals surface area contributed by atoms with Crippen molar-refractivity contribution in [3.63, 3.8) is 0 Å². The Morgan fingerprint density at radius 3 is 2.64 bits per heavy atom. The molecule has 1 aliphatic rings. The van der Waals surface area contributed by atoms with Crippen LogP contribution in [-0.4, -0.2) is 47.7 Å². The lowest BCUT2D eigenvalue weighted by Crippen LogP contribution is -2.46. The van der Waals surface area contributed by atoms with Crippen molar-refractivity contribution in [3.05, 3.63) is 29.8 Å². The summed E-state index contributed by atoms with van der Waals surface area (Å²) >= 11 is 5.59. The summed E-state index contributed by atoms with van der Waals surface area (Å²) in [5.41, 5.74) is 0.489. The van der Waals surface area contributed by atoms with Gasteiger partial charge in [0, 0.05) is 43.9 Å². The number of rotatable bonds is 6. The largest absolute Gasteiger partial charge is 0.427 e. The molecule has 136 valence electrons. The van der Waals surface area contributed by atoms with Crippen LogP contribution in [0.3, 0.4) is 0 Å². The molecular weight excluding hydrogens is 344 g/mol. The van der Waals surface area contributed by atoms with E-state index in [1.165, 1.54) is 6.92 Å². The molecule has 1 heterocycles. The van der Waals surface area contributed by atoms with E-state index in [-0.39, 0.29) is 17.9 Å². The molecule has 0 saturated carbocycles. The van der Waals surface area contributed by atoms with Crippen LogP contribution in [0.4, 0.5) is 0 Å². The van der Waals surface area contributed by atoms with E-state index in [9.17, 15) is 14.4 Å². The molecule has 7 heteroatoms. The fourth-order valence-corrected chi connectivity index (χ4v) is 2.93. The second-order valence-corrected chi connectivity index (χ2v) is 6.43. The van der Waals surface area contributed by atoms with E-state index in [1.807, 2.05) is 0 Å². The number of alkyl halides is 1. The van der Waals surface area contributed by atoms with Gasteiger partial charge in [-0.3, -0.25) is 14.4 Å². The van der Waals surface area contributed by atoms with Crippen LogP contribution in [0.5, 0.6) is 5.75 Å². The van der Waals surface area contributed by atoms with Crippen LogP contribution in [0.1, 0.15) is 43.0 Å². The molecule has 6 nitrogen and oxygen atoms in total. The molecule has 0 radical (unpaired) electrons. The predicted molar refractivity (Wildman–Crippen MR) is 94.8 cm³/mol. The summed E-state index contributed by atoms with van der Waals surface area (Å²) in [4.78, 5) is 37.1. The molecule has 1 N–H and O–H groups in total. The first-order valence-electron chi connectivity index (χ1n) is 8.42. The molecule has 1 aromatic carbocycles. The monoisotopic (exact) mass is 366 g/mol. The summed E-state index contributed by atoms with van der Waals surface area (Å²) < 4.78 is 5.02. The number of hydrogen-bond acceptors (Lipinski definition) is 4. The summed E-state index contributed by atoms with van der Waals surface area (Å²) in [6, 6.07) is 6.70. The number of esters is 1. The van der Waals surface area contributed by atoms with Crippen LogP contribution in [0.2, 0.25) is 0 Å². The Labute approximate surface area is 152 Å². The molecule has 0 aromatic heterocycles. The summed E-state index contributed by atoms with van der Waals surface area (Å²) in [5.74, 6) is 0.336. The lowest BCUT2D eigenvalue weighted by Gasteiger charge is -2.32. The third kappa shape index (κ3) is 6.05. The van der Waals surface area contributed by atoms with Crippen LogP contribution in [0, 0.1) is 0 Å². The Hall–Kier alpha value is -2.08. The summed E-state index contributed by atoms with van der Waals surface area (Å²) in [6.07, 6.45) is 2.55. The number of carbonyl (C=O) groups is 3. The maximum atomic E-state index is 12.6. The second kappa shape index (κ2) is 9.42. The average molecular weight is 367 g/mol. The van der Waals surface area contributed by atoms with Gasteiger partial charge in [0.25, 0.3) is 5.91 Å². The van der Waals surface area contributed by atoms with Gasteiger partial charge in [-0.15, -0.1) is 11.6 Å². The van der Waals surface area contributed by atoms with Crippen molar-refractivity contribution < 1.29 is 19.1 Å². The summed E-state index contributed by atoms with van der Waals surface area (Å²) in [5, 5.41) is 2.99. The number of amides is 2. The smallest absolute Gasteiger partial charge is 0.308 e. The number of benzene rings is 1. The molecular formula is C18H23ClN2O4. The van der Waals surface area contributed by atoms with Gasteiger partial charge >= 0.3 is 5.97 Å².